The molecule has 12 nitrogen and oxygen atoms in total. The minimum absolute atomic E-state index is 0.367. The van der Waals surface area contributed by atoms with E-state index >= 15 is 0 Å². The number of fused-ring (bicyclic) bond motifs is 8. The Kier molecular flexibility index (Phi) is 18.7. The Bertz CT molecular complexity index is 2970. The summed E-state index contributed by atoms with van der Waals surface area (Å²) in [7, 11) is 0. The summed E-state index contributed by atoms with van der Waals surface area (Å²) in [5.74, 6) is 4.46. The third kappa shape index (κ3) is 13.9. The standard InChI is InChI=1S/C68H72N8O4/c1-5-29-77-61-49-33-51-39-58(74-66(70)46-23-15-10-16-24-46)41-53(62(51)78-30-6-2)35-55-43-60(76-68(72)48-27-19-12-20-28-48)44-56(64(55)80-32-8-4)36-54-42-59(75-67(71)47-25-17-11-18-26-47)40-52(63(54)79-31-7-3)34-50(61)38-57(37-49)73-65(69)45-21-13-9-14-22-45/h9-28,37-44H,5-8,29-36H2,1-4H3,(H2,69,73)(H2,70,74)(H2,71,75)(H2,72,76). The normalized spacial score (nSPS) is 12.9. The highest BCUT2D eigenvalue weighted by Crippen LogP contribution is 2.44. The molecule has 0 radical (unpaired) electrons. The van der Waals surface area contributed by atoms with Crippen LogP contribution in [0, 0.1) is 0 Å². The fourth-order valence-corrected chi connectivity index (χ4v) is 9.88. The summed E-state index contributed by atoms with van der Waals surface area (Å²) in [6, 6.07) is 55.8. The summed E-state index contributed by atoms with van der Waals surface area (Å²) in [4.78, 5) is 20.5. The van der Waals surface area contributed by atoms with Crippen LogP contribution in [0.3, 0.4) is 0 Å². The summed E-state index contributed by atoms with van der Waals surface area (Å²) < 4.78 is 27.9. The van der Waals surface area contributed by atoms with E-state index in [0.717, 1.165) is 115 Å². The zero-order valence-electron chi connectivity index (χ0n) is 46.4. The molecule has 1 aliphatic rings. The van der Waals surface area contributed by atoms with Crippen molar-refractivity contribution in [3.05, 3.63) is 237 Å². The molecule has 0 saturated heterocycles. The quantitative estimate of drug-likeness (QED) is 0.0428. The van der Waals surface area contributed by atoms with Gasteiger partial charge in [0.25, 0.3) is 0 Å². The fourth-order valence-electron chi connectivity index (χ4n) is 9.88. The van der Waals surface area contributed by atoms with Crippen molar-refractivity contribution in [1.29, 1.82) is 0 Å². The van der Waals surface area contributed by atoms with Crippen molar-refractivity contribution in [2.45, 2.75) is 79.1 Å². The van der Waals surface area contributed by atoms with Crippen LogP contribution in [0.1, 0.15) is 120 Å². The van der Waals surface area contributed by atoms with Crippen LogP contribution in [0.25, 0.3) is 0 Å². The molecule has 0 fully saturated rings. The lowest BCUT2D eigenvalue weighted by molar-refractivity contribution is 0.304. The summed E-state index contributed by atoms with van der Waals surface area (Å²) in [5, 5.41) is 0. The SMILES string of the molecule is CCCOc1c2cc(N=C(N)c3ccccc3)cc1Cc1cc(N=C(N)c3ccccc3)cc(c1OCCC)Cc1cc(N=C(N)c3ccccc3)cc(c1OCCC)Cc1cc(N=C(N)c3ccccc3)cc(c1OCCC)C2. The van der Waals surface area contributed by atoms with Gasteiger partial charge >= 0.3 is 0 Å². The van der Waals surface area contributed by atoms with Crippen molar-refractivity contribution in [3.8, 4) is 23.0 Å². The van der Waals surface area contributed by atoms with Crippen molar-refractivity contribution in [2.24, 2.45) is 42.9 Å². The van der Waals surface area contributed by atoms with E-state index in [0.29, 0.717) is 98.2 Å². The van der Waals surface area contributed by atoms with Crippen LogP contribution >= 0.6 is 0 Å². The first-order valence-electron chi connectivity index (χ1n) is 27.8. The zero-order valence-corrected chi connectivity index (χ0v) is 46.4. The van der Waals surface area contributed by atoms with Crippen LogP contribution < -0.4 is 41.9 Å². The number of hydrogen-bond donors (Lipinski definition) is 4. The molecular formula is C68H72N8O4. The van der Waals surface area contributed by atoms with Crippen LogP contribution in [0.5, 0.6) is 23.0 Å². The highest BCUT2D eigenvalue weighted by atomic mass is 16.5. The molecule has 0 aromatic heterocycles. The van der Waals surface area contributed by atoms with Gasteiger partial charge in [0.2, 0.25) is 0 Å². The second-order valence-corrected chi connectivity index (χ2v) is 19.9. The summed E-state index contributed by atoms with van der Waals surface area (Å²) in [6.45, 7) is 10.3. The first-order chi connectivity index (χ1) is 39.1. The monoisotopic (exact) mass is 1060 g/mol. The molecule has 8 aromatic rings. The number of benzene rings is 8. The Labute approximate surface area is 471 Å². The smallest absolute Gasteiger partial charge is 0.131 e. The minimum atomic E-state index is 0.367. The number of ether oxygens (including phenoxy) is 4. The van der Waals surface area contributed by atoms with Crippen molar-refractivity contribution >= 4 is 46.1 Å². The molecule has 0 atom stereocenters. The number of rotatable bonds is 20. The molecule has 8 aromatic carbocycles. The molecule has 0 spiro atoms. The summed E-state index contributed by atoms with van der Waals surface area (Å²) >= 11 is 0. The Morgan fingerprint density at radius 2 is 0.475 bits per heavy atom. The van der Waals surface area contributed by atoms with Crippen LogP contribution in [0.4, 0.5) is 22.7 Å². The van der Waals surface area contributed by atoms with Gasteiger partial charge in [-0.15, -0.1) is 0 Å². The average molecular weight is 1070 g/mol. The Morgan fingerprint density at radius 3 is 0.637 bits per heavy atom. The molecule has 0 unspecified atom stereocenters. The van der Waals surface area contributed by atoms with Gasteiger partial charge in [-0.25, -0.2) is 20.0 Å². The molecule has 0 saturated carbocycles. The predicted molar refractivity (Wildman–Crippen MR) is 327 cm³/mol. The number of nitrogens with zero attached hydrogens (tertiary/aromatic N) is 4. The van der Waals surface area contributed by atoms with Crippen LogP contribution in [-0.4, -0.2) is 49.8 Å². The lowest BCUT2D eigenvalue weighted by Crippen LogP contribution is -2.13. The van der Waals surface area contributed by atoms with Gasteiger partial charge in [-0.2, -0.15) is 0 Å². The van der Waals surface area contributed by atoms with Crippen LogP contribution in [0.2, 0.25) is 0 Å². The summed E-state index contributed by atoms with van der Waals surface area (Å²) in [5.41, 5.74) is 40.4. The van der Waals surface area contributed by atoms with E-state index in [1.807, 2.05) is 121 Å². The number of aliphatic imine (C=N–C) groups is 4. The molecule has 80 heavy (non-hydrogen) atoms. The van der Waals surface area contributed by atoms with Gasteiger partial charge in [0.15, 0.2) is 0 Å². The third-order valence-corrected chi connectivity index (χ3v) is 13.5. The van der Waals surface area contributed by atoms with E-state index in [-0.39, 0.29) is 0 Å². The van der Waals surface area contributed by atoms with Gasteiger partial charge in [0.05, 0.1) is 49.2 Å². The fraction of sp³-hybridized carbons (Fsp3) is 0.235. The second-order valence-electron chi connectivity index (χ2n) is 19.9. The van der Waals surface area contributed by atoms with E-state index in [2.05, 4.69) is 76.2 Å². The maximum absolute atomic E-state index is 6.97. The topological polar surface area (TPSA) is 190 Å². The van der Waals surface area contributed by atoms with Crippen molar-refractivity contribution < 1.29 is 18.9 Å². The second kappa shape index (κ2) is 26.9. The van der Waals surface area contributed by atoms with Crippen LogP contribution in [0.15, 0.2) is 190 Å². The molecule has 408 valence electrons. The molecule has 0 heterocycles. The van der Waals surface area contributed by atoms with E-state index in [1.165, 1.54) is 0 Å². The molecule has 0 amide bonds. The van der Waals surface area contributed by atoms with Gasteiger partial charge < -0.3 is 41.9 Å². The van der Waals surface area contributed by atoms with E-state index in [1.54, 1.807) is 0 Å². The molecule has 0 aliphatic heterocycles. The van der Waals surface area contributed by atoms with Gasteiger partial charge in [-0.1, -0.05) is 149 Å². The first kappa shape index (κ1) is 55.6. The molecule has 8 bridgehead atoms. The van der Waals surface area contributed by atoms with E-state index in [4.69, 9.17) is 61.9 Å². The van der Waals surface area contributed by atoms with Gasteiger partial charge in [-0.05, 0) is 74.2 Å². The Hall–Kier alpha value is -9.16. The van der Waals surface area contributed by atoms with E-state index in [9.17, 15) is 0 Å². The highest BCUT2D eigenvalue weighted by Gasteiger charge is 2.25. The maximum atomic E-state index is 6.97. The molecule has 8 N–H and O–H groups in total. The van der Waals surface area contributed by atoms with Gasteiger partial charge in [0.1, 0.15) is 46.3 Å². The highest BCUT2D eigenvalue weighted by molar-refractivity contribution is 6.01. The first-order valence-corrected chi connectivity index (χ1v) is 27.8. The lowest BCUT2D eigenvalue weighted by Gasteiger charge is -2.24. The average Bonchev–Trinajstić information content (AvgIpc) is 3.53. The van der Waals surface area contributed by atoms with Crippen molar-refractivity contribution in [2.75, 3.05) is 26.4 Å². The van der Waals surface area contributed by atoms with Gasteiger partial charge in [0, 0.05) is 92.4 Å². The Morgan fingerprint density at radius 1 is 0.300 bits per heavy atom. The largest absolute Gasteiger partial charge is 0.493 e. The molecular weight excluding hydrogens is 993 g/mol. The zero-order chi connectivity index (χ0) is 55.8. The molecule has 12 heteroatoms. The van der Waals surface area contributed by atoms with E-state index < -0.39 is 0 Å². The summed E-state index contributed by atoms with van der Waals surface area (Å²) in [6.07, 6.45) is 4.58. The van der Waals surface area contributed by atoms with Gasteiger partial charge in [-0.3, -0.25) is 0 Å². The third-order valence-electron chi connectivity index (χ3n) is 13.5. The van der Waals surface area contributed by atoms with Crippen molar-refractivity contribution in [1.82, 2.24) is 0 Å². The molecule has 9 rings (SSSR count). The van der Waals surface area contributed by atoms with Crippen LogP contribution in [-0.2, 0) is 25.7 Å². The predicted octanol–water partition coefficient (Wildman–Crippen LogP) is 13.7. The number of nitrogens with two attached hydrogens (primary N) is 4. The molecule has 1 aliphatic carbocycles. The Balaban J connectivity index is 1.39. The number of hydrogen-bond acceptors (Lipinski definition) is 8. The minimum Gasteiger partial charge on any atom is -0.493 e. The van der Waals surface area contributed by atoms with Crippen molar-refractivity contribution in [3.63, 3.8) is 0 Å². The maximum Gasteiger partial charge on any atom is 0.131 e. The number of amidine groups is 4. The lowest BCUT2D eigenvalue weighted by atomic mass is 9.90.